The maximum atomic E-state index is 11.7. The van der Waals surface area contributed by atoms with Crippen LogP contribution in [-0.4, -0.2) is 38.2 Å². The third-order valence-corrected chi connectivity index (χ3v) is 2.31. The Morgan fingerprint density at radius 2 is 1.88 bits per heavy atom. The van der Waals surface area contributed by atoms with Gasteiger partial charge in [0.2, 0.25) is 0 Å². The van der Waals surface area contributed by atoms with Crippen molar-refractivity contribution in [3.63, 3.8) is 0 Å². The summed E-state index contributed by atoms with van der Waals surface area (Å²) in [4.78, 5) is 23.4. The molecule has 0 aromatic heterocycles. The Labute approximate surface area is 93.0 Å². The highest BCUT2D eigenvalue weighted by Gasteiger charge is 2.58. The number of rotatable bonds is 2. The van der Waals surface area contributed by atoms with Gasteiger partial charge in [-0.3, -0.25) is 0 Å². The Bertz CT molecular complexity index is 375. The lowest BCUT2D eigenvalue weighted by Gasteiger charge is -2.22. The van der Waals surface area contributed by atoms with Gasteiger partial charge >= 0.3 is 11.9 Å². The molecule has 0 N–H and O–H groups in total. The summed E-state index contributed by atoms with van der Waals surface area (Å²) in [5.74, 6) is 3.14. The average Bonchev–Trinajstić information content (AvgIpc) is 2.72. The summed E-state index contributed by atoms with van der Waals surface area (Å²) >= 11 is 0. The van der Waals surface area contributed by atoms with Crippen molar-refractivity contribution >= 4 is 11.9 Å². The Kier molecular flexibility index (Phi) is 3.61. The van der Waals surface area contributed by atoms with Crippen LogP contribution in [0, 0.1) is 17.8 Å². The molecular weight excluding hydrogens is 212 g/mol. The number of hydrogen-bond donors (Lipinski definition) is 0. The van der Waals surface area contributed by atoms with Gasteiger partial charge in [-0.1, -0.05) is 5.92 Å². The lowest BCUT2D eigenvalue weighted by atomic mass is 9.86. The number of carbonyl (C=O) groups excluding carboxylic acids is 2. The van der Waals surface area contributed by atoms with Gasteiger partial charge in [-0.15, -0.1) is 5.92 Å². The standard InChI is InChI=1S/C10H12N2O4/c1-4-5-7-6-11-12-10(7,8(13)15-2)9(14)16-3/h7H,6H2,1-3H3. The van der Waals surface area contributed by atoms with Gasteiger partial charge in [0.1, 0.15) is 0 Å². The van der Waals surface area contributed by atoms with Crippen LogP contribution in [0.5, 0.6) is 0 Å². The molecule has 6 heteroatoms. The van der Waals surface area contributed by atoms with Crippen LogP contribution in [0.2, 0.25) is 0 Å². The molecule has 0 spiro atoms. The fourth-order valence-electron chi connectivity index (χ4n) is 1.52. The Morgan fingerprint density at radius 1 is 1.31 bits per heavy atom. The molecule has 1 aliphatic rings. The summed E-state index contributed by atoms with van der Waals surface area (Å²) in [6, 6.07) is 0. The van der Waals surface area contributed by atoms with Gasteiger partial charge in [-0.05, 0) is 6.92 Å². The Balaban J connectivity index is 3.20. The maximum absolute atomic E-state index is 11.7. The van der Waals surface area contributed by atoms with E-state index in [1.807, 2.05) is 0 Å². The zero-order valence-corrected chi connectivity index (χ0v) is 9.31. The van der Waals surface area contributed by atoms with Crippen LogP contribution in [0.3, 0.4) is 0 Å². The number of ether oxygens (including phenoxy) is 2. The first-order chi connectivity index (χ1) is 7.63. The first kappa shape index (κ1) is 12.2. The number of azo groups is 1. The summed E-state index contributed by atoms with van der Waals surface area (Å²) in [5.41, 5.74) is -1.76. The lowest BCUT2D eigenvalue weighted by Crippen LogP contribution is -2.50. The molecule has 1 atom stereocenters. The van der Waals surface area contributed by atoms with E-state index in [0.717, 1.165) is 0 Å². The summed E-state index contributed by atoms with van der Waals surface area (Å²) in [7, 11) is 2.36. The van der Waals surface area contributed by atoms with E-state index in [2.05, 4.69) is 31.5 Å². The zero-order valence-electron chi connectivity index (χ0n) is 9.31. The van der Waals surface area contributed by atoms with Crippen LogP contribution in [0.1, 0.15) is 6.92 Å². The van der Waals surface area contributed by atoms with E-state index >= 15 is 0 Å². The predicted molar refractivity (Wildman–Crippen MR) is 53.4 cm³/mol. The normalized spacial score (nSPS) is 20.8. The molecule has 0 fully saturated rings. The van der Waals surface area contributed by atoms with Gasteiger partial charge in [0, 0.05) is 0 Å². The van der Waals surface area contributed by atoms with Crippen LogP contribution in [0.4, 0.5) is 0 Å². The number of hydrogen-bond acceptors (Lipinski definition) is 6. The van der Waals surface area contributed by atoms with Gasteiger partial charge in [0.25, 0.3) is 5.54 Å². The molecule has 0 saturated carbocycles. The third kappa shape index (κ3) is 1.65. The van der Waals surface area contributed by atoms with Crippen LogP contribution in [-0.2, 0) is 19.1 Å². The second-order valence-electron chi connectivity index (χ2n) is 3.12. The summed E-state index contributed by atoms with van der Waals surface area (Å²) < 4.78 is 9.15. The van der Waals surface area contributed by atoms with E-state index in [1.165, 1.54) is 14.2 Å². The average molecular weight is 224 g/mol. The molecule has 0 aromatic rings. The molecule has 1 unspecified atom stereocenters. The maximum Gasteiger partial charge on any atom is 0.348 e. The van der Waals surface area contributed by atoms with Gasteiger partial charge in [-0.2, -0.15) is 10.2 Å². The molecule has 0 radical (unpaired) electrons. The lowest BCUT2D eigenvalue weighted by molar-refractivity contribution is -0.162. The second-order valence-corrected chi connectivity index (χ2v) is 3.12. The van der Waals surface area contributed by atoms with Crippen molar-refractivity contribution in [2.24, 2.45) is 16.1 Å². The first-order valence-electron chi connectivity index (χ1n) is 4.61. The van der Waals surface area contributed by atoms with Gasteiger partial charge in [0.05, 0.1) is 26.7 Å². The number of methoxy groups -OCH3 is 2. The molecule has 0 aliphatic carbocycles. The van der Waals surface area contributed by atoms with Crippen molar-refractivity contribution in [1.29, 1.82) is 0 Å². The number of esters is 2. The SMILES string of the molecule is CC#CC1CN=NC1(C(=O)OC)C(=O)OC. The van der Waals surface area contributed by atoms with Gasteiger partial charge < -0.3 is 9.47 Å². The van der Waals surface area contributed by atoms with Crippen molar-refractivity contribution in [3.05, 3.63) is 0 Å². The highest BCUT2D eigenvalue weighted by Crippen LogP contribution is 2.31. The molecule has 1 aliphatic heterocycles. The molecular formula is C10H12N2O4. The van der Waals surface area contributed by atoms with Crippen LogP contribution in [0.15, 0.2) is 10.2 Å². The van der Waals surface area contributed by atoms with Gasteiger partial charge in [-0.25, -0.2) is 9.59 Å². The summed E-state index contributed by atoms with van der Waals surface area (Å²) in [5, 5.41) is 7.38. The molecule has 0 aromatic carbocycles. The third-order valence-electron chi connectivity index (χ3n) is 2.31. The molecule has 6 nitrogen and oxygen atoms in total. The van der Waals surface area contributed by atoms with Crippen molar-refractivity contribution in [1.82, 2.24) is 0 Å². The molecule has 0 bridgehead atoms. The van der Waals surface area contributed by atoms with Crippen molar-refractivity contribution in [3.8, 4) is 11.8 Å². The molecule has 1 rings (SSSR count). The van der Waals surface area contributed by atoms with Crippen LogP contribution >= 0.6 is 0 Å². The minimum atomic E-state index is -1.76. The van der Waals surface area contributed by atoms with Crippen molar-refractivity contribution in [2.75, 3.05) is 20.8 Å². The monoisotopic (exact) mass is 224 g/mol. The number of carbonyl (C=O) groups is 2. The van der Waals surface area contributed by atoms with E-state index in [-0.39, 0.29) is 6.54 Å². The highest BCUT2D eigenvalue weighted by molar-refractivity contribution is 6.06. The molecule has 86 valence electrons. The van der Waals surface area contributed by atoms with Crippen LogP contribution in [0.25, 0.3) is 0 Å². The Hall–Kier alpha value is -1.90. The predicted octanol–water partition coefficient (Wildman–Crippen LogP) is 0.176. The summed E-state index contributed by atoms with van der Waals surface area (Å²) in [6.07, 6.45) is 0. The largest absolute Gasteiger partial charge is 0.467 e. The zero-order chi connectivity index (χ0) is 12.2. The highest BCUT2D eigenvalue weighted by atomic mass is 16.5. The Morgan fingerprint density at radius 3 is 2.31 bits per heavy atom. The smallest absolute Gasteiger partial charge is 0.348 e. The van der Waals surface area contributed by atoms with Crippen molar-refractivity contribution in [2.45, 2.75) is 12.5 Å². The quantitative estimate of drug-likeness (QED) is 0.380. The molecule has 1 heterocycles. The molecule has 0 saturated heterocycles. The molecule has 16 heavy (non-hydrogen) atoms. The number of nitrogens with zero attached hydrogens (tertiary/aromatic N) is 2. The minimum Gasteiger partial charge on any atom is -0.467 e. The summed E-state index contributed by atoms with van der Waals surface area (Å²) in [6.45, 7) is 1.79. The minimum absolute atomic E-state index is 0.186. The van der Waals surface area contributed by atoms with Crippen molar-refractivity contribution < 1.29 is 19.1 Å². The van der Waals surface area contributed by atoms with Crippen LogP contribution < -0.4 is 0 Å². The van der Waals surface area contributed by atoms with E-state index in [1.54, 1.807) is 6.92 Å². The van der Waals surface area contributed by atoms with E-state index in [4.69, 9.17) is 0 Å². The topological polar surface area (TPSA) is 77.3 Å². The van der Waals surface area contributed by atoms with E-state index in [9.17, 15) is 9.59 Å². The first-order valence-corrected chi connectivity index (χ1v) is 4.61. The second kappa shape index (κ2) is 4.75. The fraction of sp³-hybridized carbons (Fsp3) is 0.600. The van der Waals surface area contributed by atoms with E-state index < -0.39 is 23.4 Å². The molecule has 0 amide bonds. The fourth-order valence-corrected chi connectivity index (χ4v) is 1.52. The van der Waals surface area contributed by atoms with E-state index in [0.29, 0.717) is 0 Å². The van der Waals surface area contributed by atoms with Gasteiger partial charge in [0.15, 0.2) is 0 Å².